The van der Waals surface area contributed by atoms with Gasteiger partial charge in [0.05, 0.1) is 27.9 Å². The minimum atomic E-state index is 0.163. The van der Waals surface area contributed by atoms with Gasteiger partial charge in [-0.05, 0) is 29.7 Å². The average molecular weight is 343 g/mol. The lowest BCUT2D eigenvalue weighted by atomic mass is 9.91. The van der Waals surface area contributed by atoms with Crippen molar-refractivity contribution in [3.63, 3.8) is 0 Å². The maximum atomic E-state index is 10.6. The molecular weight excluding hydrogens is 318 g/mol. The molecule has 25 heavy (non-hydrogen) atoms. The zero-order valence-corrected chi connectivity index (χ0v) is 15.0. The minimum Gasteiger partial charge on any atom is -0.493 e. The zero-order chi connectivity index (χ0) is 18.1. The van der Waals surface area contributed by atoms with Gasteiger partial charge in [0.2, 0.25) is 5.75 Å². The summed E-state index contributed by atoms with van der Waals surface area (Å²) in [5, 5.41) is 3.18. The van der Waals surface area contributed by atoms with E-state index in [1.165, 1.54) is 5.56 Å². The number of rotatable bonds is 10. The number of benzene rings is 2. The van der Waals surface area contributed by atoms with E-state index in [4.69, 9.17) is 14.2 Å². The molecule has 5 nitrogen and oxygen atoms in total. The summed E-state index contributed by atoms with van der Waals surface area (Å²) in [5.74, 6) is 2.00. The Morgan fingerprint density at radius 1 is 1.00 bits per heavy atom. The van der Waals surface area contributed by atoms with Gasteiger partial charge in [0.1, 0.15) is 6.29 Å². The fourth-order valence-corrected chi connectivity index (χ4v) is 2.86. The highest BCUT2D eigenvalue weighted by Crippen LogP contribution is 2.40. The van der Waals surface area contributed by atoms with Crippen molar-refractivity contribution in [3.8, 4) is 17.2 Å². The second-order valence-corrected chi connectivity index (χ2v) is 5.67. The number of hydrogen-bond acceptors (Lipinski definition) is 5. The molecule has 0 aliphatic rings. The molecule has 0 heterocycles. The summed E-state index contributed by atoms with van der Waals surface area (Å²) in [4.78, 5) is 10.6. The molecular formula is C20H25NO4. The highest BCUT2D eigenvalue weighted by molar-refractivity contribution is 5.55. The lowest BCUT2D eigenvalue weighted by Gasteiger charge is -2.21. The maximum Gasteiger partial charge on any atom is 0.203 e. The van der Waals surface area contributed by atoms with E-state index < -0.39 is 0 Å². The Morgan fingerprint density at radius 2 is 1.64 bits per heavy atom. The third kappa shape index (κ3) is 4.97. The first-order valence-electron chi connectivity index (χ1n) is 8.21. The van der Waals surface area contributed by atoms with Gasteiger partial charge < -0.3 is 24.3 Å². The Bertz CT molecular complexity index is 648. The smallest absolute Gasteiger partial charge is 0.203 e. The Labute approximate surface area is 148 Å². The third-order valence-electron chi connectivity index (χ3n) is 4.10. The summed E-state index contributed by atoms with van der Waals surface area (Å²) in [5.41, 5.74) is 2.30. The van der Waals surface area contributed by atoms with Crippen molar-refractivity contribution in [1.29, 1.82) is 0 Å². The van der Waals surface area contributed by atoms with E-state index in [9.17, 15) is 4.79 Å². The summed E-state index contributed by atoms with van der Waals surface area (Å²) >= 11 is 0. The Morgan fingerprint density at radius 3 is 2.16 bits per heavy atom. The number of carbonyl (C=O) groups is 1. The van der Waals surface area contributed by atoms with E-state index in [0.29, 0.717) is 30.3 Å². The van der Waals surface area contributed by atoms with Crippen LogP contribution in [0.2, 0.25) is 0 Å². The van der Waals surface area contributed by atoms with E-state index in [2.05, 4.69) is 17.4 Å². The SMILES string of the molecule is COc1cc(C(CNCC=O)Cc2ccccc2)cc(OC)c1OC. The lowest BCUT2D eigenvalue weighted by Crippen LogP contribution is -2.24. The molecule has 0 radical (unpaired) electrons. The Balaban J connectivity index is 2.36. The molecule has 0 fully saturated rings. The molecule has 134 valence electrons. The van der Waals surface area contributed by atoms with E-state index >= 15 is 0 Å². The van der Waals surface area contributed by atoms with E-state index in [-0.39, 0.29) is 5.92 Å². The van der Waals surface area contributed by atoms with Crippen LogP contribution in [0.25, 0.3) is 0 Å². The fraction of sp³-hybridized carbons (Fsp3) is 0.350. The van der Waals surface area contributed by atoms with Crippen molar-refractivity contribution >= 4 is 6.29 Å². The predicted octanol–water partition coefficient (Wildman–Crippen LogP) is 2.83. The summed E-state index contributed by atoms with van der Waals surface area (Å²) in [7, 11) is 4.81. The summed E-state index contributed by atoms with van der Waals surface area (Å²) < 4.78 is 16.3. The molecule has 2 aromatic carbocycles. The highest BCUT2D eigenvalue weighted by atomic mass is 16.5. The van der Waals surface area contributed by atoms with Gasteiger partial charge in [0.15, 0.2) is 11.5 Å². The lowest BCUT2D eigenvalue weighted by molar-refractivity contribution is -0.107. The molecule has 1 N–H and O–H groups in total. The van der Waals surface area contributed by atoms with Gasteiger partial charge in [0, 0.05) is 12.5 Å². The van der Waals surface area contributed by atoms with E-state index in [0.717, 1.165) is 18.3 Å². The molecule has 2 aromatic rings. The van der Waals surface area contributed by atoms with Crippen LogP contribution in [0.15, 0.2) is 42.5 Å². The predicted molar refractivity (Wildman–Crippen MR) is 97.9 cm³/mol. The molecule has 0 aromatic heterocycles. The normalized spacial score (nSPS) is 11.6. The van der Waals surface area contributed by atoms with Crippen LogP contribution in [0.3, 0.4) is 0 Å². The monoisotopic (exact) mass is 343 g/mol. The van der Waals surface area contributed by atoms with Crippen LogP contribution < -0.4 is 19.5 Å². The number of nitrogens with one attached hydrogen (secondary N) is 1. The Kier molecular flexibility index (Phi) is 7.29. The van der Waals surface area contributed by atoms with Crippen molar-refractivity contribution in [2.75, 3.05) is 34.4 Å². The third-order valence-corrected chi connectivity index (χ3v) is 4.10. The molecule has 0 saturated carbocycles. The van der Waals surface area contributed by atoms with Crippen molar-refractivity contribution in [1.82, 2.24) is 5.32 Å². The first-order chi connectivity index (χ1) is 12.2. The molecule has 2 rings (SSSR count). The van der Waals surface area contributed by atoms with Gasteiger partial charge in [-0.1, -0.05) is 30.3 Å². The van der Waals surface area contributed by atoms with Gasteiger partial charge in [-0.2, -0.15) is 0 Å². The quantitative estimate of drug-likeness (QED) is 0.531. The Hall–Kier alpha value is -2.53. The average Bonchev–Trinajstić information content (AvgIpc) is 2.66. The molecule has 0 aliphatic heterocycles. The van der Waals surface area contributed by atoms with Crippen molar-refractivity contribution < 1.29 is 19.0 Å². The fourth-order valence-electron chi connectivity index (χ4n) is 2.86. The molecule has 0 amide bonds. The number of carbonyl (C=O) groups excluding carboxylic acids is 1. The van der Waals surface area contributed by atoms with E-state index in [1.54, 1.807) is 21.3 Å². The molecule has 1 unspecified atom stereocenters. The van der Waals surface area contributed by atoms with Crippen LogP contribution in [-0.2, 0) is 11.2 Å². The number of hydrogen-bond donors (Lipinski definition) is 1. The van der Waals surface area contributed by atoms with Gasteiger partial charge in [-0.3, -0.25) is 0 Å². The standard InChI is InChI=1S/C20H25NO4/c1-23-18-12-16(13-19(24-2)20(18)25-3)17(14-21-9-10-22)11-15-7-5-4-6-8-15/h4-8,10,12-13,17,21H,9,11,14H2,1-3H3. The number of aldehydes is 1. The van der Waals surface area contributed by atoms with Crippen LogP contribution in [0.5, 0.6) is 17.2 Å². The first-order valence-corrected chi connectivity index (χ1v) is 8.21. The summed E-state index contributed by atoms with van der Waals surface area (Å²) in [6, 6.07) is 14.2. The first kappa shape index (κ1) is 18.8. The second kappa shape index (κ2) is 9.69. The van der Waals surface area contributed by atoms with Gasteiger partial charge in [-0.25, -0.2) is 0 Å². The maximum absolute atomic E-state index is 10.6. The molecule has 0 spiro atoms. The molecule has 1 atom stereocenters. The van der Waals surface area contributed by atoms with Crippen LogP contribution in [0.4, 0.5) is 0 Å². The zero-order valence-electron chi connectivity index (χ0n) is 15.0. The van der Waals surface area contributed by atoms with Crippen LogP contribution in [0, 0.1) is 0 Å². The molecule has 5 heteroatoms. The van der Waals surface area contributed by atoms with Crippen LogP contribution in [0.1, 0.15) is 17.0 Å². The van der Waals surface area contributed by atoms with Crippen LogP contribution >= 0.6 is 0 Å². The van der Waals surface area contributed by atoms with Crippen molar-refractivity contribution in [2.24, 2.45) is 0 Å². The van der Waals surface area contributed by atoms with Gasteiger partial charge in [-0.15, -0.1) is 0 Å². The van der Waals surface area contributed by atoms with Crippen molar-refractivity contribution in [3.05, 3.63) is 53.6 Å². The van der Waals surface area contributed by atoms with Crippen molar-refractivity contribution in [2.45, 2.75) is 12.3 Å². The second-order valence-electron chi connectivity index (χ2n) is 5.67. The highest BCUT2D eigenvalue weighted by Gasteiger charge is 2.19. The van der Waals surface area contributed by atoms with Gasteiger partial charge >= 0.3 is 0 Å². The molecule has 0 saturated heterocycles. The van der Waals surface area contributed by atoms with E-state index in [1.807, 2.05) is 30.3 Å². The minimum absolute atomic E-state index is 0.163. The molecule has 0 aliphatic carbocycles. The summed E-state index contributed by atoms with van der Waals surface area (Å²) in [6.45, 7) is 1.00. The summed E-state index contributed by atoms with van der Waals surface area (Å²) in [6.07, 6.45) is 1.71. The molecule has 0 bridgehead atoms. The topological polar surface area (TPSA) is 56.8 Å². The van der Waals surface area contributed by atoms with Crippen LogP contribution in [-0.4, -0.2) is 40.7 Å². The van der Waals surface area contributed by atoms with Gasteiger partial charge in [0.25, 0.3) is 0 Å². The largest absolute Gasteiger partial charge is 0.493 e. The number of methoxy groups -OCH3 is 3. The number of ether oxygens (including phenoxy) is 3.